The first kappa shape index (κ1) is 18.3. The SMILES string of the molecule is Cc1cc2c(cc1F)CCN2c1ncnc2ccc(-c3ccc(N)c(NN)c3)cc12. The van der Waals surface area contributed by atoms with Crippen molar-refractivity contribution in [3.05, 3.63) is 71.8 Å². The maximum atomic E-state index is 14.0. The molecule has 0 unspecified atom stereocenters. The standard InChI is InChI=1S/C23H21FN6/c1-13-8-22-16(10-18(13)24)6-7-30(22)23-17-9-14(3-5-20(17)27-12-28-23)15-2-4-19(25)21(11-15)29-26/h2-5,8-12,29H,6-7,25-26H2,1H3. The van der Waals surface area contributed by atoms with Gasteiger partial charge in [-0.15, -0.1) is 0 Å². The van der Waals surface area contributed by atoms with Crippen LogP contribution in [-0.4, -0.2) is 16.5 Å². The second kappa shape index (κ2) is 6.96. The topological polar surface area (TPSA) is 93.1 Å². The summed E-state index contributed by atoms with van der Waals surface area (Å²) >= 11 is 0. The lowest BCUT2D eigenvalue weighted by Gasteiger charge is -2.20. The lowest BCUT2D eigenvalue weighted by Crippen LogP contribution is -2.15. The van der Waals surface area contributed by atoms with Gasteiger partial charge in [-0.1, -0.05) is 12.1 Å². The third-order valence-corrected chi connectivity index (χ3v) is 5.67. The molecule has 30 heavy (non-hydrogen) atoms. The first-order chi connectivity index (χ1) is 14.5. The number of nitrogens with two attached hydrogens (primary N) is 2. The van der Waals surface area contributed by atoms with Crippen LogP contribution in [0.4, 0.5) is 27.3 Å². The van der Waals surface area contributed by atoms with Crippen LogP contribution in [0.3, 0.4) is 0 Å². The van der Waals surface area contributed by atoms with Gasteiger partial charge in [-0.2, -0.15) is 0 Å². The van der Waals surface area contributed by atoms with Crippen molar-refractivity contribution in [3.8, 4) is 11.1 Å². The van der Waals surface area contributed by atoms with Gasteiger partial charge < -0.3 is 16.1 Å². The predicted molar refractivity (Wildman–Crippen MR) is 119 cm³/mol. The van der Waals surface area contributed by atoms with Crippen LogP contribution in [-0.2, 0) is 6.42 Å². The third-order valence-electron chi connectivity index (χ3n) is 5.67. The van der Waals surface area contributed by atoms with Gasteiger partial charge in [-0.3, -0.25) is 5.84 Å². The monoisotopic (exact) mass is 400 g/mol. The highest BCUT2D eigenvalue weighted by atomic mass is 19.1. The third kappa shape index (κ3) is 2.91. The Kier molecular flexibility index (Phi) is 4.25. The fraction of sp³-hybridized carbons (Fsp3) is 0.130. The van der Waals surface area contributed by atoms with E-state index < -0.39 is 0 Å². The normalized spacial score (nSPS) is 13.0. The fourth-order valence-corrected chi connectivity index (χ4v) is 4.03. The maximum Gasteiger partial charge on any atom is 0.144 e. The van der Waals surface area contributed by atoms with Crippen molar-refractivity contribution in [3.63, 3.8) is 0 Å². The van der Waals surface area contributed by atoms with Crippen molar-refractivity contribution < 1.29 is 4.39 Å². The first-order valence-electron chi connectivity index (χ1n) is 9.73. The Morgan fingerprint density at radius 3 is 2.67 bits per heavy atom. The van der Waals surface area contributed by atoms with Crippen molar-refractivity contribution in [2.24, 2.45) is 5.84 Å². The van der Waals surface area contributed by atoms with Gasteiger partial charge in [0.1, 0.15) is 18.0 Å². The minimum absolute atomic E-state index is 0.168. The number of rotatable bonds is 3. The van der Waals surface area contributed by atoms with Crippen LogP contribution in [0.25, 0.3) is 22.0 Å². The summed E-state index contributed by atoms with van der Waals surface area (Å²) in [6.07, 6.45) is 2.35. The van der Waals surface area contributed by atoms with E-state index in [2.05, 4.69) is 26.4 Å². The Bertz CT molecular complexity index is 1290. The molecule has 0 amide bonds. The van der Waals surface area contributed by atoms with Gasteiger partial charge in [-0.25, -0.2) is 14.4 Å². The summed E-state index contributed by atoms with van der Waals surface area (Å²) in [5, 5.41) is 0.934. The molecular formula is C23H21FN6. The zero-order valence-electron chi connectivity index (χ0n) is 16.5. The highest BCUT2D eigenvalue weighted by Crippen LogP contribution is 2.39. The van der Waals surface area contributed by atoms with Crippen molar-refractivity contribution >= 4 is 33.8 Å². The molecule has 0 spiro atoms. The van der Waals surface area contributed by atoms with E-state index in [-0.39, 0.29) is 5.82 Å². The van der Waals surface area contributed by atoms with Gasteiger partial charge in [-0.05, 0) is 72.0 Å². The van der Waals surface area contributed by atoms with E-state index >= 15 is 0 Å². The molecule has 0 aliphatic carbocycles. The van der Waals surface area contributed by atoms with Crippen molar-refractivity contribution in [1.29, 1.82) is 0 Å². The van der Waals surface area contributed by atoms with E-state index in [4.69, 9.17) is 11.6 Å². The van der Waals surface area contributed by atoms with Gasteiger partial charge in [0.15, 0.2) is 0 Å². The summed E-state index contributed by atoms with van der Waals surface area (Å²) in [4.78, 5) is 11.2. The van der Waals surface area contributed by atoms with Gasteiger partial charge in [0.05, 0.1) is 16.9 Å². The molecule has 1 aliphatic rings. The molecule has 0 saturated carbocycles. The Hall–Kier alpha value is -3.71. The van der Waals surface area contributed by atoms with Crippen LogP contribution < -0.4 is 21.9 Å². The smallest absolute Gasteiger partial charge is 0.144 e. The second-order valence-electron chi connectivity index (χ2n) is 7.51. The van der Waals surface area contributed by atoms with Gasteiger partial charge in [0, 0.05) is 17.6 Å². The Morgan fingerprint density at radius 2 is 1.83 bits per heavy atom. The van der Waals surface area contributed by atoms with E-state index in [1.54, 1.807) is 19.3 Å². The molecular weight excluding hydrogens is 379 g/mol. The maximum absolute atomic E-state index is 14.0. The van der Waals surface area contributed by atoms with Crippen molar-refractivity contribution in [2.45, 2.75) is 13.3 Å². The number of halogens is 1. The summed E-state index contributed by atoms with van der Waals surface area (Å²) in [5.41, 5.74) is 15.3. The number of nitrogen functional groups attached to an aromatic ring is 2. The number of aryl methyl sites for hydroxylation is 1. The number of hydrogen-bond donors (Lipinski definition) is 3. The molecule has 0 atom stereocenters. The van der Waals surface area contributed by atoms with E-state index in [1.165, 1.54) is 0 Å². The van der Waals surface area contributed by atoms with Crippen LogP contribution in [0.15, 0.2) is 54.9 Å². The summed E-state index contributed by atoms with van der Waals surface area (Å²) in [5.74, 6) is 6.23. The molecule has 0 radical (unpaired) electrons. The molecule has 0 bridgehead atoms. The molecule has 1 aromatic heterocycles. The van der Waals surface area contributed by atoms with Gasteiger partial charge in [0.2, 0.25) is 0 Å². The number of nitrogens with zero attached hydrogens (tertiary/aromatic N) is 3. The summed E-state index contributed by atoms with van der Waals surface area (Å²) < 4.78 is 14.0. The number of hydrogen-bond acceptors (Lipinski definition) is 6. The van der Waals surface area contributed by atoms with Crippen molar-refractivity contribution in [1.82, 2.24) is 9.97 Å². The molecule has 150 valence electrons. The molecule has 5 N–H and O–H groups in total. The number of fused-ring (bicyclic) bond motifs is 2. The molecule has 3 aromatic carbocycles. The number of hydrazine groups is 1. The van der Waals surface area contributed by atoms with Gasteiger partial charge in [0.25, 0.3) is 0 Å². The molecule has 7 heteroatoms. The molecule has 1 aliphatic heterocycles. The lowest BCUT2D eigenvalue weighted by molar-refractivity contribution is 0.617. The van der Waals surface area contributed by atoms with Crippen LogP contribution in [0.1, 0.15) is 11.1 Å². The fourth-order valence-electron chi connectivity index (χ4n) is 4.03. The van der Waals surface area contributed by atoms with E-state index in [0.29, 0.717) is 16.9 Å². The minimum Gasteiger partial charge on any atom is -0.397 e. The summed E-state index contributed by atoms with van der Waals surface area (Å²) in [7, 11) is 0. The number of benzene rings is 3. The van der Waals surface area contributed by atoms with Crippen LogP contribution in [0, 0.1) is 12.7 Å². The average Bonchev–Trinajstić information content (AvgIpc) is 3.16. The number of anilines is 4. The van der Waals surface area contributed by atoms with E-state index in [0.717, 1.165) is 52.1 Å². The Labute approximate surface area is 173 Å². The lowest BCUT2D eigenvalue weighted by atomic mass is 10.0. The highest BCUT2D eigenvalue weighted by Gasteiger charge is 2.24. The molecule has 6 nitrogen and oxygen atoms in total. The zero-order chi connectivity index (χ0) is 20.8. The second-order valence-corrected chi connectivity index (χ2v) is 7.51. The predicted octanol–water partition coefficient (Wildman–Crippen LogP) is 4.31. The first-order valence-corrected chi connectivity index (χ1v) is 9.73. The summed E-state index contributed by atoms with van der Waals surface area (Å²) in [6, 6.07) is 15.3. The quantitative estimate of drug-likeness (QED) is 0.270. The molecule has 4 aromatic rings. The highest BCUT2D eigenvalue weighted by molar-refractivity contribution is 5.95. The average molecular weight is 400 g/mol. The zero-order valence-corrected chi connectivity index (χ0v) is 16.5. The van der Waals surface area contributed by atoms with Crippen LogP contribution in [0.2, 0.25) is 0 Å². The number of aromatic nitrogens is 2. The van der Waals surface area contributed by atoms with E-state index in [1.807, 2.05) is 36.4 Å². The van der Waals surface area contributed by atoms with E-state index in [9.17, 15) is 4.39 Å². The molecule has 2 heterocycles. The molecule has 5 rings (SSSR count). The number of nitrogens with one attached hydrogen (secondary N) is 1. The summed E-state index contributed by atoms with van der Waals surface area (Å²) in [6.45, 7) is 2.53. The molecule has 0 saturated heterocycles. The minimum atomic E-state index is -0.168. The van der Waals surface area contributed by atoms with Crippen LogP contribution in [0.5, 0.6) is 0 Å². The van der Waals surface area contributed by atoms with Crippen molar-refractivity contribution in [2.75, 3.05) is 22.6 Å². The Morgan fingerprint density at radius 1 is 1.03 bits per heavy atom. The molecule has 0 fully saturated rings. The largest absolute Gasteiger partial charge is 0.397 e. The van der Waals surface area contributed by atoms with Gasteiger partial charge >= 0.3 is 0 Å². The Balaban J connectivity index is 1.65. The van der Waals surface area contributed by atoms with Crippen LogP contribution >= 0.6 is 0 Å².